The van der Waals surface area contributed by atoms with Crippen molar-refractivity contribution in [1.82, 2.24) is 14.6 Å². The topological polar surface area (TPSA) is 124 Å². The molecule has 1 fully saturated rings. The van der Waals surface area contributed by atoms with Crippen LogP contribution in [0.3, 0.4) is 0 Å². The number of nitrogens with zero attached hydrogens (tertiary/aromatic N) is 1. The van der Waals surface area contributed by atoms with Crippen molar-refractivity contribution in [3.63, 3.8) is 0 Å². The van der Waals surface area contributed by atoms with Gasteiger partial charge in [-0.25, -0.2) is 8.96 Å². The highest BCUT2D eigenvalue weighted by molar-refractivity contribution is 7.72. The molecule has 1 aromatic heterocycles. The Morgan fingerprint density at radius 3 is 2.58 bits per heavy atom. The van der Waals surface area contributed by atoms with Crippen molar-refractivity contribution in [2.24, 2.45) is 0 Å². The molecule has 1 saturated heterocycles. The number of aromatic nitrogens is 2. The number of carbonyl (C=O) groups is 1. The Morgan fingerprint density at radius 1 is 1.31 bits per heavy atom. The van der Waals surface area contributed by atoms with Crippen molar-refractivity contribution >= 4 is 38.2 Å². The van der Waals surface area contributed by atoms with Gasteiger partial charge < -0.3 is 24.1 Å². The molecule has 0 spiro atoms. The molecular formula is C22H29FN3O7PS2. The highest BCUT2D eigenvalue weighted by Gasteiger charge is 2.55. The van der Waals surface area contributed by atoms with Gasteiger partial charge in [-0.1, -0.05) is 30.4 Å². The number of carbonyl (C=O) groups excluding carboxylic acids is 1. The van der Waals surface area contributed by atoms with Gasteiger partial charge in [-0.2, -0.15) is 5.09 Å². The molecule has 0 amide bonds. The van der Waals surface area contributed by atoms with Gasteiger partial charge in [0.2, 0.25) is 0 Å². The lowest BCUT2D eigenvalue weighted by Gasteiger charge is -2.27. The first-order chi connectivity index (χ1) is 16.8. The molecule has 3 rings (SSSR count). The molecular weight excluding hydrogens is 532 g/mol. The Labute approximate surface area is 218 Å². The van der Waals surface area contributed by atoms with E-state index in [1.54, 1.807) is 44.2 Å². The lowest BCUT2D eigenvalue weighted by molar-refractivity contribution is -0.149. The molecule has 10 nitrogen and oxygen atoms in total. The minimum Gasteiger partial charge on any atom is -0.462 e. The summed E-state index contributed by atoms with van der Waals surface area (Å²) in [5.41, 5.74) is -2.00. The zero-order chi connectivity index (χ0) is 26.7. The number of aromatic amines is 1. The van der Waals surface area contributed by atoms with E-state index in [2.05, 4.69) is 10.1 Å². The van der Waals surface area contributed by atoms with Gasteiger partial charge in [-0.3, -0.25) is 13.9 Å². The molecule has 2 heterocycles. The summed E-state index contributed by atoms with van der Waals surface area (Å²) in [7, 11) is -4.25. The van der Waals surface area contributed by atoms with E-state index in [1.807, 2.05) is 0 Å². The molecule has 0 saturated carbocycles. The smallest absolute Gasteiger partial charge is 0.459 e. The molecule has 2 unspecified atom stereocenters. The first kappa shape index (κ1) is 28.6. The van der Waals surface area contributed by atoms with Crippen LogP contribution in [0.2, 0.25) is 0 Å². The van der Waals surface area contributed by atoms with E-state index in [4.69, 9.17) is 43.0 Å². The summed E-state index contributed by atoms with van der Waals surface area (Å²) in [5.74, 6) is -0.484. The van der Waals surface area contributed by atoms with Gasteiger partial charge in [0.1, 0.15) is 28.1 Å². The summed E-state index contributed by atoms with van der Waals surface area (Å²) in [6.45, 7) is 5.46. The number of hydrogen-bond acceptors (Lipinski definition) is 9. The predicted octanol–water partition coefficient (Wildman–Crippen LogP) is 4.40. The van der Waals surface area contributed by atoms with Gasteiger partial charge in [0, 0.05) is 6.20 Å². The fourth-order valence-electron chi connectivity index (χ4n) is 3.47. The molecule has 6 atom stereocenters. The van der Waals surface area contributed by atoms with Crippen LogP contribution in [-0.2, 0) is 23.4 Å². The molecule has 36 heavy (non-hydrogen) atoms. The van der Waals surface area contributed by atoms with Crippen molar-refractivity contribution in [2.75, 3.05) is 6.61 Å². The van der Waals surface area contributed by atoms with Crippen molar-refractivity contribution in [3.05, 3.63) is 52.0 Å². The third-order valence-corrected chi connectivity index (χ3v) is 7.42. The summed E-state index contributed by atoms with van der Waals surface area (Å²) in [4.78, 5) is 15.0. The number of para-hydroxylation sites is 1. The zero-order valence-corrected chi connectivity index (χ0v) is 22.6. The van der Waals surface area contributed by atoms with Crippen LogP contribution in [0, 0.1) is 9.41 Å². The number of rotatable bonds is 10. The lowest BCUT2D eigenvalue weighted by atomic mass is 9.98. The lowest BCUT2D eigenvalue weighted by Crippen LogP contribution is -2.42. The summed E-state index contributed by atoms with van der Waals surface area (Å²) >= 11 is 10.3. The van der Waals surface area contributed by atoms with E-state index in [9.17, 15) is 14.5 Å². The molecule has 1 aliphatic rings. The monoisotopic (exact) mass is 561 g/mol. The van der Waals surface area contributed by atoms with Gasteiger partial charge in [0.05, 0.1) is 12.7 Å². The van der Waals surface area contributed by atoms with Gasteiger partial charge in [-0.05, 0) is 58.1 Å². The number of halogens is 1. The van der Waals surface area contributed by atoms with Gasteiger partial charge in [0.25, 0.3) is 0 Å². The Morgan fingerprint density at radius 2 is 1.97 bits per heavy atom. The number of H-pyrrole nitrogens is 1. The summed E-state index contributed by atoms with van der Waals surface area (Å²) in [6, 6.07) is 8.58. The molecule has 3 N–H and O–H groups in total. The number of esters is 1. The highest BCUT2D eigenvalue weighted by atomic mass is 32.1. The van der Waals surface area contributed by atoms with Crippen LogP contribution in [-0.4, -0.2) is 57.3 Å². The Bertz CT molecular complexity index is 1220. The molecule has 0 bridgehead atoms. The maximum absolute atomic E-state index is 15.3. The third kappa shape index (κ3) is 6.86. The first-order valence-corrected chi connectivity index (χ1v) is 13.5. The number of hydrogen-bond donors (Lipinski definition) is 3. The SMILES string of the molecule is CC(C)OC(=O)[C@H](C)NP(=O)(OC[C@H]1O[C@@H](n2ccc(=S)[nH]c2=S)C(C)(O)[C@H]1F)Oc1ccccc1. The van der Waals surface area contributed by atoms with Crippen LogP contribution in [0.4, 0.5) is 4.39 Å². The van der Waals surface area contributed by atoms with E-state index >= 15 is 4.39 Å². The summed E-state index contributed by atoms with van der Waals surface area (Å²) in [6.07, 6.45) is -3.43. The van der Waals surface area contributed by atoms with Crippen LogP contribution < -0.4 is 9.61 Å². The number of benzene rings is 1. The number of aliphatic hydroxyl groups is 1. The molecule has 0 radical (unpaired) electrons. The maximum Gasteiger partial charge on any atom is 0.459 e. The average molecular weight is 562 g/mol. The van der Waals surface area contributed by atoms with Gasteiger partial charge >= 0.3 is 13.7 Å². The fraction of sp³-hybridized carbons (Fsp3) is 0.500. The van der Waals surface area contributed by atoms with E-state index < -0.39 is 56.6 Å². The average Bonchev–Trinajstić information content (AvgIpc) is 3.01. The Balaban J connectivity index is 1.80. The summed E-state index contributed by atoms with van der Waals surface area (Å²) in [5, 5.41) is 13.4. The van der Waals surface area contributed by atoms with E-state index in [0.717, 1.165) is 0 Å². The normalized spacial score (nSPS) is 26.4. The van der Waals surface area contributed by atoms with Crippen molar-refractivity contribution < 1.29 is 37.4 Å². The van der Waals surface area contributed by atoms with Crippen molar-refractivity contribution in [1.29, 1.82) is 0 Å². The highest BCUT2D eigenvalue weighted by Crippen LogP contribution is 2.47. The largest absolute Gasteiger partial charge is 0.462 e. The van der Waals surface area contributed by atoms with Crippen LogP contribution >= 0.6 is 32.2 Å². The number of alkyl halides is 1. The number of nitrogens with one attached hydrogen (secondary N) is 2. The van der Waals surface area contributed by atoms with Gasteiger partial charge in [-0.15, -0.1) is 0 Å². The predicted molar refractivity (Wildman–Crippen MR) is 134 cm³/mol. The maximum atomic E-state index is 15.3. The third-order valence-electron chi connectivity index (χ3n) is 5.23. The number of ether oxygens (including phenoxy) is 2. The van der Waals surface area contributed by atoms with Crippen molar-refractivity contribution in [3.8, 4) is 5.75 Å². The molecule has 2 aromatic rings. The fourth-order valence-corrected chi connectivity index (χ4v) is 5.46. The van der Waals surface area contributed by atoms with Crippen LogP contribution in [0.25, 0.3) is 0 Å². The molecule has 1 aliphatic heterocycles. The van der Waals surface area contributed by atoms with E-state index in [1.165, 1.54) is 30.7 Å². The molecule has 14 heteroatoms. The van der Waals surface area contributed by atoms with E-state index in [0.29, 0.717) is 4.64 Å². The van der Waals surface area contributed by atoms with Crippen LogP contribution in [0.5, 0.6) is 5.75 Å². The second-order valence-corrected chi connectivity index (χ2v) is 11.2. The summed E-state index contributed by atoms with van der Waals surface area (Å²) < 4.78 is 52.7. The standard InChI is InChI=1S/C22H29FN3O7PS2/c1-13(2)31-19(27)14(3)25-34(29,33-15-8-6-5-7-9-15)30-12-16-18(23)22(4,28)20(32-16)26-11-10-17(35)24-21(26)36/h5-11,13-14,16,18,20,28H,12H2,1-4H3,(H,25,29)(H,24,35,36)/t14-,16+,18-,20+,22?,34?/m0/s1. The second kappa shape index (κ2) is 11.6. The Kier molecular flexibility index (Phi) is 9.20. The second-order valence-electron chi connectivity index (χ2n) is 8.71. The zero-order valence-electron chi connectivity index (χ0n) is 20.1. The van der Waals surface area contributed by atoms with Gasteiger partial charge in [0.15, 0.2) is 17.2 Å². The quantitative estimate of drug-likeness (QED) is 0.219. The minimum atomic E-state index is -4.25. The minimum absolute atomic E-state index is 0.124. The Hall–Kier alpha value is -1.99. The van der Waals surface area contributed by atoms with Crippen LogP contribution in [0.1, 0.15) is 33.9 Å². The van der Waals surface area contributed by atoms with Crippen LogP contribution in [0.15, 0.2) is 42.6 Å². The van der Waals surface area contributed by atoms with Crippen molar-refractivity contribution in [2.45, 2.75) is 63.9 Å². The first-order valence-electron chi connectivity index (χ1n) is 11.1. The van der Waals surface area contributed by atoms with E-state index in [-0.39, 0.29) is 10.5 Å². The molecule has 0 aliphatic carbocycles. The molecule has 1 aromatic carbocycles. The molecule has 198 valence electrons.